The van der Waals surface area contributed by atoms with Crippen LogP contribution in [0.15, 0.2) is 122 Å². The topological polar surface area (TPSA) is 102 Å². The molecule has 2 saturated heterocycles. The second-order valence-electron chi connectivity index (χ2n) is 16.1. The maximum absolute atomic E-state index is 8.96. The molecule has 12 heteroatoms. The lowest BCUT2D eigenvalue weighted by molar-refractivity contribution is -0.0236. The number of benzene rings is 4. The minimum Gasteiger partial charge on any atom is -0.494 e. The molecule has 0 radical (unpaired) electrons. The van der Waals surface area contributed by atoms with Crippen LogP contribution in [0, 0.1) is 0 Å². The lowest BCUT2D eigenvalue weighted by Crippen LogP contribution is -2.35. The van der Waals surface area contributed by atoms with Crippen molar-refractivity contribution in [1.82, 2.24) is 24.8 Å². The number of aliphatic hydroxyl groups is 1. The Kier molecular flexibility index (Phi) is 15.6. The zero-order chi connectivity index (χ0) is 42.5. The van der Waals surface area contributed by atoms with Gasteiger partial charge in [0, 0.05) is 45.2 Å². The van der Waals surface area contributed by atoms with Crippen LogP contribution in [0.2, 0.25) is 0 Å². The number of unbranched alkanes of at least 4 members (excludes halogenated alkanes) is 1. The van der Waals surface area contributed by atoms with E-state index >= 15 is 0 Å². The smallest absolute Gasteiger partial charge is 0.135 e. The third kappa shape index (κ3) is 12.0. The van der Waals surface area contributed by atoms with E-state index in [0.717, 1.165) is 114 Å². The number of thiazole rings is 2. The Balaban J connectivity index is 0.000000171. The summed E-state index contributed by atoms with van der Waals surface area (Å²) in [7, 11) is 4.34. The molecule has 2 aliphatic heterocycles. The van der Waals surface area contributed by atoms with Crippen molar-refractivity contribution in [2.75, 3.05) is 53.5 Å². The maximum atomic E-state index is 8.96. The summed E-state index contributed by atoms with van der Waals surface area (Å²) < 4.78 is 27.7. The zero-order valence-electron chi connectivity index (χ0n) is 35.7. The van der Waals surface area contributed by atoms with Crippen molar-refractivity contribution in [1.29, 1.82) is 0 Å². The van der Waals surface area contributed by atoms with E-state index in [4.69, 9.17) is 34.0 Å². The van der Waals surface area contributed by atoms with Crippen LogP contribution < -0.4 is 9.47 Å². The molecule has 0 amide bonds. The fourth-order valence-corrected chi connectivity index (χ4v) is 9.84. The molecular weight excluding hydrogens is 815 g/mol. The molecule has 0 saturated carbocycles. The van der Waals surface area contributed by atoms with E-state index in [0.29, 0.717) is 13.2 Å². The number of aromatic nitrogens is 3. The van der Waals surface area contributed by atoms with Crippen molar-refractivity contribution in [3.63, 3.8) is 0 Å². The van der Waals surface area contributed by atoms with Crippen LogP contribution in [-0.2, 0) is 16.1 Å². The molecule has 62 heavy (non-hydrogen) atoms. The number of para-hydroxylation sites is 2. The summed E-state index contributed by atoms with van der Waals surface area (Å²) in [5.74, 6) is 1.67. The summed E-state index contributed by atoms with van der Waals surface area (Å²) in [6, 6.07) is 36.9. The highest BCUT2D eigenvalue weighted by Crippen LogP contribution is 2.38. The van der Waals surface area contributed by atoms with E-state index < -0.39 is 0 Å². The van der Waals surface area contributed by atoms with E-state index in [1.807, 2.05) is 48.5 Å². The number of hydrogen-bond donors (Lipinski definition) is 1. The number of fused-ring (bicyclic) bond motifs is 2. The van der Waals surface area contributed by atoms with Gasteiger partial charge in [-0.3, -0.25) is 4.98 Å². The van der Waals surface area contributed by atoms with Crippen molar-refractivity contribution in [2.45, 2.75) is 69.5 Å². The van der Waals surface area contributed by atoms with Gasteiger partial charge in [0.15, 0.2) is 0 Å². The van der Waals surface area contributed by atoms with Gasteiger partial charge in [-0.15, -0.1) is 22.7 Å². The third-order valence-electron chi connectivity index (χ3n) is 11.4. The molecule has 10 nitrogen and oxygen atoms in total. The Bertz CT molecular complexity index is 2360. The number of piperidine rings is 2. The Morgan fingerprint density at radius 2 is 1.11 bits per heavy atom. The molecule has 2 atom stereocenters. The molecule has 2 unspecified atom stereocenters. The molecule has 5 heterocycles. The Morgan fingerprint density at radius 3 is 1.61 bits per heavy atom. The van der Waals surface area contributed by atoms with E-state index in [9.17, 15) is 0 Å². The first-order valence-electron chi connectivity index (χ1n) is 21.8. The van der Waals surface area contributed by atoms with Crippen LogP contribution in [-0.4, -0.2) is 95.6 Å². The summed E-state index contributed by atoms with van der Waals surface area (Å²) >= 11 is 3.42. The highest BCUT2D eigenvalue weighted by molar-refractivity contribution is 7.19. The molecule has 324 valence electrons. The Hall–Kier alpha value is -4.79. The van der Waals surface area contributed by atoms with E-state index in [-0.39, 0.29) is 31.0 Å². The molecular formula is C50H57N5O5S2. The second-order valence-corrected chi connectivity index (χ2v) is 18.3. The minimum absolute atomic E-state index is 0.197. The average Bonchev–Trinajstić information content (AvgIpc) is 3.95. The fourth-order valence-electron chi connectivity index (χ4n) is 7.77. The lowest BCUT2D eigenvalue weighted by Gasteiger charge is -2.31. The summed E-state index contributed by atoms with van der Waals surface area (Å²) in [4.78, 5) is 18.6. The van der Waals surface area contributed by atoms with Crippen LogP contribution in [0.3, 0.4) is 0 Å². The van der Waals surface area contributed by atoms with Crippen LogP contribution in [0.5, 0.6) is 11.5 Å². The van der Waals surface area contributed by atoms with Crippen LogP contribution in [0.4, 0.5) is 0 Å². The SMILES string of the molecule is CN1CCC(OC(c2cccc(OCCCCO)c2)c2nc3ccccc3s2)CC1.CN1CCC(OC(c2cccc(OCc3ccncc3)c2)c2nc3ccccc3s2)CC1. The predicted octanol–water partition coefficient (Wildman–Crippen LogP) is 10.1. The van der Waals surface area contributed by atoms with Gasteiger partial charge in [0.1, 0.15) is 40.3 Å². The summed E-state index contributed by atoms with van der Waals surface area (Å²) in [5.41, 5.74) is 5.29. The quantitative estimate of drug-likeness (QED) is 0.0945. The van der Waals surface area contributed by atoms with Gasteiger partial charge in [-0.25, -0.2) is 9.97 Å². The number of nitrogens with zero attached hydrogens (tertiary/aromatic N) is 5. The van der Waals surface area contributed by atoms with Gasteiger partial charge in [0.25, 0.3) is 0 Å². The van der Waals surface area contributed by atoms with Crippen molar-refractivity contribution in [2.24, 2.45) is 0 Å². The van der Waals surface area contributed by atoms with Gasteiger partial charge in [-0.2, -0.15) is 0 Å². The van der Waals surface area contributed by atoms with Crippen molar-refractivity contribution in [3.8, 4) is 11.5 Å². The number of hydrogen-bond acceptors (Lipinski definition) is 12. The molecule has 7 aromatic rings. The fraction of sp³-hybridized carbons (Fsp3) is 0.380. The standard InChI is InChI=1S/C26H27N3O2S.C24H30N2O3S/c1-29-15-11-21(12-16-29)31-25(26-28-23-7-2-3-8-24(23)32-26)20-5-4-6-22(17-20)30-18-19-9-13-27-14-10-19;1-26-13-11-19(12-14-26)29-23(24-25-21-9-2-3-10-22(21)30-24)18-7-6-8-20(17-18)28-16-5-4-15-27/h2-10,13-14,17,21,25H,11-12,15-16,18H2,1H3;2-3,6-10,17,19,23,27H,4-5,11-16H2,1H3. The van der Waals surface area contributed by atoms with Crippen molar-refractivity contribution in [3.05, 3.63) is 148 Å². The molecule has 1 N–H and O–H groups in total. The van der Waals surface area contributed by atoms with Crippen LogP contribution in [0.25, 0.3) is 20.4 Å². The largest absolute Gasteiger partial charge is 0.494 e. The van der Waals surface area contributed by atoms with Gasteiger partial charge in [0.2, 0.25) is 0 Å². The number of likely N-dealkylation sites (tertiary alicyclic amines) is 2. The van der Waals surface area contributed by atoms with Crippen molar-refractivity contribution >= 4 is 43.1 Å². The van der Waals surface area contributed by atoms with E-state index in [1.165, 1.54) is 9.40 Å². The molecule has 2 fully saturated rings. The van der Waals surface area contributed by atoms with E-state index in [2.05, 4.69) is 89.5 Å². The first-order valence-corrected chi connectivity index (χ1v) is 23.4. The highest BCUT2D eigenvalue weighted by Gasteiger charge is 2.28. The maximum Gasteiger partial charge on any atom is 0.135 e. The monoisotopic (exact) mass is 871 g/mol. The first kappa shape index (κ1) is 43.8. The van der Waals surface area contributed by atoms with Gasteiger partial charge in [-0.05, 0) is 130 Å². The number of pyridine rings is 1. The van der Waals surface area contributed by atoms with Crippen molar-refractivity contribution < 1.29 is 24.1 Å². The lowest BCUT2D eigenvalue weighted by atomic mass is 10.1. The van der Waals surface area contributed by atoms with Crippen LogP contribution >= 0.6 is 22.7 Å². The minimum atomic E-state index is -0.203. The second kappa shape index (κ2) is 22.0. The first-order chi connectivity index (χ1) is 30.5. The summed E-state index contributed by atoms with van der Waals surface area (Å²) in [5, 5.41) is 10.9. The summed E-state index contributed by atoms with van der Waals surface area (Å²) in [6.45, 7) is 5.56. The number of aliphatic hydroxyl groups excluding tert-OH is 1. The number of rotatable bonds is 16. The molecule has 0 spiro atoms. The Labute approximate surface area is 373 Å². The number of ether oxygens (including phenoxy) is 4. The zero-order valence-corrected chi connectivity index (χ0v) is 37.3. The van der Waals surface area contributed by atoms with Crippen LogP contribution in [0.1, 0.15) is 77.4 Å². The molecule has 4 aromatic carbocycles. The van der Waals surface area contributed by atoms with Gasteiger partial charge in [0.05, 0.1) is 39.2 Å². The van der Waals surface area contributed by atoms with Gasteiger partial charge < -0.3 is 33.9 Å². The predicted molar refractivity (Wildman–Crippen MR) is 249 cm³/mol. The highest BCUT2D eigenvalue weighted by atomic mass is 32.1. The molecule has 0 bridgehead atoms. The molecule has 0 aliphatic carbocycles. The summed E-state index contributed by atoms with van der Waals surface area (Å²) in [6.07, 6.45) is 9.37. The Morgan fingerprint density at radius 1 is 0.613 bits per heavy atom. The normalized spacial score (nSPS) is 16.5. The molecule has 2 aliphatic rings. The van der Waals surface area contributed by atoms with E-state index in [1.54, 1.807) is 35.1 Å². The molecule has 3 aromatic heterocycles. The third-order valence-corrected chi connectivity index (χ3v) is 13.5. The molecule has 9 rings (SSSR count). The van der Waals surface area contributed by atoms with Gasteiger partial charge >= 0.3 is 0 Å². The average molecular weight is 872 g/mol. The van der Waals surface area contributed by atoms with Gasteiger partial charge in [-0.1, -0.05) is 48.5 Å².